The average Bonchev–Trinajstić information content (AvgIpc) is 2.44. The highest BCUT2D eigenvalue weighted by molar-refractivity contribution is 7.85. The molecule has 0 aliphatic heterocycles. The summed E-state index contributed by atoms with van der Waals surface area (Å²) in [4.78, 5) is 3.27. The Bertz CT molecular complexity index is 761. The first-order valence-electron chi connectivity index (χ1n) is 6.00. The highest BCUT2D eigenvalue weighted by Crippen LogP contribution is 2.29. The molecule has 0 spiro atoms. The molecule has 0 atom stereocenters. The quantitative estimate of drug-likeness (QED) is 0.674. The van der Waals surface area contributed by atoms with Crippen molar-refractivity contribution in [1.29, 1.82) is 0 Å². The molecule has 0 aliphatic carbocycles. The van der Waals surface area contributed by atoms with Gasteiger partial charge in [-0.2, -0.15) is 21.6 Å². The van der Waals surface area contributed by atoms with Crippen LogP contribution in [0.15, 0.2) is 36.8 Å². The molecule has 1 N–H and O–H groups in total. The van der Waals surface area contributed by atoms with Gasteiger partial charge in [-0.3, -0.25) is 9.54 Å². The van der Waals surface area contributed by atoms with Crippen LogP contribution in [0.1, 0.15) is 5.69 Å². The molecule has 10 heteroatoms. The van der Waals surface area contributed by atoms with Gasteiger partial charge in [0.1, 0.15) is 17.6 Å². The summed E-state index contributed by atoms with van der Waals surface area (Å²) in [5, 5.41) is 3.89. The van der Waals surface area contributed by atoms with Gasteiger partial charge in [0.05, 0.1) is 0 Å². The van der Waals surface area contributed by atoms with E-state index in [1.807, 2.05) is 0 Å². The van der Waals surface area contributed by atoms with Crippen molar-refractivity contribution in [2.75, 3.05) is 5.75 Å². The molecule has 2 aromatic rings. The first-order valence-corrected chi connectivity index (χ1v) is 7.61. The van der Waals surface area contributed by atoms with Gasteiger partial charge in [-0.05, 0) is 22.8 Å². The van der Waals surface area contributed by atoms with Crippen LogP contribution >= 0.6 is 0 Å². The van der Waals surface area contributed by atoms with Gasteiger partial charge >= 0.3 is 6.18 Å². The van der Waals surface area contributed by atoms with Crippen molar-refractivity contribution in [3.8, 4) is 11.1 Å². The van der Waals surface area contributed by atoms with Gasteiger partial charge in [0.2, 0.25) is 0 Å². The van der Waals surface area contributed by atoms with Crippen LogP contribution in [0.2, 0.25) is 0 Å². The summed E-state index contributed by atoms with van der Waals surface area (Å²) in [6.45, 7) is -0.0662. The predicted molar refractivity (Wildman–Crippen MR) is 69.1 cm³/mol. The Labute approximate surface area is 124 Å². The summed E-state index contributed by atoms with van der Waals surface area (Å²) < 4.78 is 68.9. The van der Waals surface area contributed by atoms with Crippen LogP contribution in [0.25, 0.3) is 11.1 Å². The molecule has 2 rings (SSSR count). The first kappa shape index (κ1) is 16.3. The fraction of sp³-hybridized carbons (Fsp3) is 0.250. The van der Waals surface area contributed by atoms with Crippen molar-refractivity contribution in [2.45, 2.75) is 12.7 Å². The van der Waals surface area contributed by atoms with Gasteiger partial charge in [-0.15, -0.1) is 0 Å². The van der Waals surface area contributed by atoms with Crippen molar-refractivity contribution in [3.63, 3.8) is 0 Å². The maximum Gasteiger partial charge on any atom is 0.433 e. The lowest BCUT2D eigenvalue weighted by molar-refractivity contribution is -0.750. The van der Waals surface area contributed by atoms with Crippen LogP contribution in [0.3, 0.4) is 0 Å². The highest BCUT2D eigenvalue weighted by Gasteiger charge is 2.32. The smallest absolute Gasteiger partial charge is 0.285 e. The highest BCUT2D eigenvalue weighted by atomic mass is 32.2. The molecule has 0 saturated heterocycles. The molecule has 0 amide bonds. The lowest BCUT2D eigenvalue weighted by atomic mass is 10.1. The minimum Gasteiger partial charge on any atom is -0.285 e. The van der Waals surface area contributed by atoms with E-state index in [2.05, 4.69) is 10.1 Å². The van der Waals surface area contributed by atoms with Crippen LogP contribution in [0, 0.1) is 0 Å². The Morgan fingerprint density at radius 2 is 1.95 bits per heavy atom. The molecule has 0 fully saturated rings. The monoisotopic (exact) mass is 334 g/mol. The van der Waals surface area contributed by atoms with Gasteiger partial charge in [0, 0.05) is 17.8 Å². The Hall–Kier alpha value is -2.07. The largest absolute Gasteiger partial charge is 0.433 e. The van der Waals surface area contributed by atoms with E-state index in [4.69, 9.17) is 4.55 Å². The van der Waals surface area contributed by atoms with Gasteiger partial charge in [-0.1, -0.05) is 4.68 Å². The second kappa shape index (κ2) is 5.97. The first-order chi connectivity index (χ1) is 10.1. The van der Waals surface area contributed by atoms with Crippen LogP contribution in [0.4, 0.5) is 13.2 Å². The maximum absolute atomic E-state index is 12.6. The Morgan fingerprint density at radius 3 is 2.50 bits per heavy atom. The number of aromatic nitrogens is 3. The van der Waals surface area contributed by atoms with E-state index in [1.54, 1.807) is 0 Å². The number of hydrogen-bond acceptors (Lipinski definition) is 4. The second-order valence-corrected chi connectivity index (χ2v) is 5.96. The Morgan fingerprint density at radius 1 is 1.23 bits per heavy atom. The van der Waals surface area contributed by atoms with Crippen LogP contribution in [-0.4, -0.2) is 28.8 Å². The van der Waals surface area contributed by atoms with Crippen molar-refractivity contribution in [2.24, 2.45) is 0 Å². The molecule has 6 nitrogen and oxygen atoms in total. The van der Waals surface area contributed by atoms with Crippen LogP contribution in [0.5, 0.6) is 0 Å². The molecular weight excluding hydrogens is 323 g/mol. The zero-order chi connectivity index (χ0) is 16.4. The summed E-state index contributed by atoms with van der Waals surface area (Å²) in [6.07, 6.45) is -0.765. The molecule has 22 heavy (non-hydrogen) atoms. The van der Waals surface area contributed by atoms with Crippen LogP contribution < -0.4 is 4.68 Å². The molecule has 0 aromatic carbocycles. The summed E-state index contributed by atoms with van der Waals surface area (Å²) in [5.41, 5.74) is -0.291. The fourth-order valence-electron chi connectivity index (χ4n) is 1.66. The average molecular weight is 334 g/mol. The van der Waals surface area contributed by atoms with Gasteiger partial charge in [0.25, 0.3) is 10.1 Å². The minimum atomic E-state index is -4.53. The lowest BCUT2D eigenvalue weighted by Crippen LogP contribution is -2.40. The number of alkyl halides is 3. The zero-order valence-electron chi connectivity index (χ0n) is 11.0. The normalized spacial score (nSPS) is 12.4. The summed E-state index contributed by atoms with van der Waals surface area (Å²) in [5.74, 6) is -0.502. The summed E-state index contributed by atoms with van der Waals surface area (Å²) in [7, 11) is -4.10. The van der Waals surface area contributed by atoms with Crippen molar-refractivity contribution in [1.82, 2.24) is 10.1 Å². The molecule has 0 aliphatic rings. The Kier molecular flexibility index (Phi) is 4.42. The van der Waals surface area contributed by atoms with Crippen LogP contribution in [-0.2, 0) is 22.8 Å². The van der Waals surface area contributed by atoms with E-state index < -0.39 is 27.7 Å². The molecule has 0 radical (unpaired) electrons. The van der Waals surface area contributed by atoms with E-state index in [-0.39, 0.29) is 12.1 Å². The van der Waals surface area contributed by atoms with Crippen molar-refractivity contribution < 1.29 is 30.8 Å². The molecule has 118 valence electrons. The van der Waals surface area contributed by atoms with E-state index in [9.17, 15) is 21.6 Å². The van der Waals surface area contributed by atoms with Gasteiger partial charge in [-0.25, -0.2) is 0 Å². The zero-order valence-corrected chi connectivity index (χ0v) is 11.8. The number of halogens is 3. The molecule has 0 bridgehead atoms. The number of hydrogen-bond donors (Lipinski definition) is 1. The lowest BCUT2D eigenvalue weighted by Gasteiger charge is -2.07. The molecule has 0 saturated carbocycles. The fourth-order valence-corrected chi connectivity index (χ4v) is 2.08. The number of pyridine rings is 1. The Balaban J connectivity index is 2.20. The van der Waals surface area contributed by atoms with Crippen molar-refractivity contribution in [3.05, 3.63) is 42.5 Å². The van der Waals surface area contributed by atoms with Gasteiger partial charge in [0.15, 0.2) is 12.7 Å². The SMILES string of the molecule is O=S(=O)(O)CC[n+]1ccc(-c2ccnc(C(F)(F)F)c2)cn1. The van der Waals surface area contributed by atoms with Crippen molar-refractivity contribution >= 4 is 10.1 Å². The third-order valence-corrected chi connectivity index (χ3v) is 3.43. The molecule has 2 aromatic heterocycles. The third kappa shape index (κ3) is 4.46. The molecule has 2 heterocycles. The summed E-state index contributed by atoms with van der Waals surface area (Å²) >= 11 is 0. The third-order valence-electron chi connectivity index (χ3n) is 2.73. The predicted octanol–water partition coefficient (Wildman–Crippen LogP) is 1.34. The molecular formula is C12H11F3N3O3S+. The maximum atomic E-state index is 12.6. The van der Waals surface area contributed by atoms with E-state index in [1.165, 1.54) is 29.2 Å². The number of nitrogens with zero attached hydrogens (tertiary/aromatic N) is 3. The topological polar surface area (TPSA) is 84.0 Å². The molecule has 0 unspecified atom stereocenters. The number of aryl methyl sites for hydroxylation is 1. The van der Waals surface area contributed by atoms with E-state index in [0.29, 0.717) is 5.56 Å². The number of rotatable bonds is 4. The van der Waals surface area contributed by atoms with Gasteiger partial charge < -0.3 is 0 Å². The second-order valence-electron chi connectivity index (χ2n) is 4.39. The summed E-state index contributed by atoms with van der Waals surface area (Å²) in [6, 6.07) is 3.81. The van der Waals surface area contributed by atoms with E-state index in [0.717, 1.165) is 12.3 Å². The standard InChI is InChI=1S/C12H10F3N3O3S/c13-12(14,15)11-7-9(1-3-16-11)10-2-4-18(17-8-10)5-6-22(19,20)21/h1-4,7-8H,5-6H2/p+1. The van der Waals surface area contributed by atoms with E-state index >= 15 is 0 Å². The minimum absolute atomic E-state index is 0.0662.